The summed E-state index contributed by atoms with van der Waals surface area (Å²) in [5.74, 6) is 2.45. The van der Waals surface area contributed by atoms with Crippen molar-refractivity contribution in [2.24, 2.45) is 0 Å². The van der Waals surface area contributed by atoms with Gasteiger partial charge in [-0.15, -0.1) is 0 Å². The standard InChI is InChI=1S/C58H34N4O2/c1-3-15-38(16-4-1)55-60-56(39-17-5-2-6-18-39)62-57(61-55)40-30-27-36(28-31-40)41-32-33-46(44-22-10-9-21-43(41)44)52-53-50(34-48-45-23-11-12-25-49(45)63-54(48)52)64-58(59-53)47-24-13-19-37-29-26-35-14-7-8-20-42(35)51(37)47/h1-34H. The lowest BCUT2D eigenvalue weighted by Gasteiger charge is -2.13. The Morgan fingerprint density at radius 3 is 1.58 bits per heavy atom. The second kappa shape index (κ2) is 14.4. The van der Waals surface area contributed by atoms with E-state index >= 15 is 0 Å². The molecule has 0 atom stereocenters. The van der Waals surface area contributed by atoms with Gasteiger partial charge in [-0.1, -0.05) is 188 Å². The normalized spacial score (nSPS) is 11.8. The summed E-state index contributed by atoms with van der Waals surface area (Å²) in [5, 5.41) is 8.78. The largest absolute Gasteiger partial charge is 0.455 e. The van der Waals surface area contributed by atoms with E-state index in [1.165, 1.54) is 5.39 Å². The zero-order chi connectivity index (χ0) is 42.1. The van der Waals surface area contributed by atoms with Crippen LogP contribution in [0.25, 0.3) is 133 Å². The quantitative estimate of drug-likeness (QED) is 0.156. The SMILES string of the molecule is c1ccc(-c2nc(-c3ccccc3)nc(-c3ccc(-c4ccc(-c5c6nc(-c7cccc8ccc9ccccc9c78)oc6cc6c5oc5ccccc56)c5ccccc45)cc3)n2)cc1. The molecule has 0 radical (unpaired) electrons. The Morgan fingerprint density at radius 2 is 0.859 bits per heavy atom. The Bertz CT molecular complexity index is 3890. The minimum absolute atomic E-state index is 0.570. The summed E-state index contributed by atoms with van der Waals surface area (Å²) in [5.41, 5.74) is 10.9. The van der Waals surface area contributed by atoms with Crippen molar-refractivity contribution in [3.8, 4) is 67.9 Å². The molecule has 0 N–H and O–H groups in total. The number of nitrogens with zero attached hydrogens (tertiary/aromatic N) is 4. The number of fused-ring (bicyclic) bond motifs is 8. The molecule has 13 rings (SSSR count). The predicted molar refractivity (Wildman–Crippen MR) is 260 cm³/mol. The molecule has 0 aliphatic rings. The number of oxazole rings is 1. The van der Waals surface area contributed by atoms with Crippen LogP contribution in [0.3, 0.4) is 0 Å². The van der Waals surface area contributed by atoms with Gasteiger partial charge in [-0.3, -0.25) is 0 Å². The van der Waals surface area contributed by atoms with Crippen LogP contribution in [-0.4, -0.2) is 19.9 Å². The topological polar surface area (TPSA) is 77.8 Å². The van der Waals surface area contributed by atoms with Gasteiger partial charge >= 0.3 is 0 Å². The molecule has 0 bridgehead atoms. The fourth-order valence-electron chi connectivity index (χ4n) is 9.35. The summed E-state index contributed by atoms with van der Waals surface area (Å²) < 4.78 is 13.6. The monoisotopic (exact) mass is 818 g/mol. The van der Waals surface area contributed by atoms with Crippen LogP contribution in [0.2, 0.25) is 0 Å². The van der Waals surface area contributed by atoms with Crippen LogP contribution in [-0.2, 0) is 0 Å². The highest BCUT2D eigenvalue weighted by atomic mass is 16.4. The van der Waals surface area contributed by atoms with E-state index in [0.717, 1.165) is 98.9 Å². The van der Waals surface area contributed by atoms with E-state index in [0.29, 0.717) is 28.9 Å². The molecule has 0 spiro atoms. The lowest BCUT2D eigenvalue weighted by molar-refractivity contribution is 0.621. The molecule has 0 aliphatic heterocycles. The molecule has 13 aromatic rings. The van der Waals surface area contributed by atoms with Crippen LogP contribution in [0.1, 0.15) is 0 Å². The first-order valence-corrected chi connectivity index (χ1v) is 21.4. The van der Waals surface area contributed by atoms with Crippen molar-refractivity contribution in [2.75, 3.05) is 0 Å². The summed E-state index contributed by atoms with van der Waals surface area (Å²) in [6.45, 7) is 0. The van der Waals surface area contributed by atoms with Gasteiger partial charge in [-0.2, -0.15) is 0 Å². The van der Waals surface area contributed by atoms with E-state index in [1.807, 2.05) is 72.8 Å². The lowest BCUT2D eigenvalue weighted by atomic mass is 9.90. The van der Waals surface area contributed by atoms with E-state index in [2.05, 4.69) is 133 Å². The molecule has 0 saturated carbocycles. The Hall–Kier alpha value is -8.74. The molecular formula is C58H34N4O2. The summed E-state index contributed by atoms with van der Waals surface area (Å²) in [6, 6.07) is 71.1. The van der Waals surface area contributed by atoms with Crippen molar-refractivity contribution in [1.82, 2.24) is 19.9 Å². The summed E-state index contributed by atoms with van der Waals surface area (Å²) in [4.78, 5) is 20.2. The molecule has 298 valence electrons. The third-order valence-corrected chi connectivity index (χ3v) is 12.4. The molecule has 10 aromatic carbocycles. The maximum atomic E-state index is 6.85. The first-order valence-electron chi connectivity index (χ1n) is 21.4. The molecule has 0 aliphatic carbocycles. The molecule has 64 heavy (non-hydrogen) atoms. The third kappa shape index (κ3) is 5.81. The zero-order valence-electron chi connectivity index (χ0n) is 34.2. The van der Waals surface area contributed by atoms with Gasteiger partial charge in [0.05, 0.1) is 5.56 Å². The van der Waals surface area contributed by atoms with E-state index in [9.17, 15) is 0 Å². The van der Waals surface area contributed by atoms with E-state index < -0.39 is 0 Å². The maximum absolute atomic E-state index is 6.85. The highest BCUT2D eigenvalue weighted by Gasteiger charge is 2.24. The van der Waals surface area contributed by atoms with Crippen LogP contribution in [0.5, 0.6) is 0 Å². The summed E-state index contributed by atoms with van der Waals surface area (Å²) >= 11 is 0. The Kier molecular flexibility index (Phi) is 8.11. The first-order chi connectivity index (χ1) is 31.7. The Balaban J connectivity index is 0.972. The fraction of sp³-hybridized carbons (Fsp3) is 0. The van der Waals surface area contributed by atoms with Crippen LogP contribution >= 0.6 is 0 Å². The van der Waals surface area contributed by atoms with Crippen molar-refractivity contribution >= 4 is 65.4 Å². The zero-order valence-corrected chi connectivity index (χ0v) is 34.2. The lowest BCUT2D eigenvalue weighted by Crippen LogP contribution is -2.00. The molecule has 0 saturated heterocycles. The van der Waals surface area contributed by atoms with Crippen LogP contribution in [0.15, 0.2) is 215 Å². The van der Waals surface area contributed by atoms with E-state index in [-0.39, 0.29) is 0 Å². The molecule has 0 amide bonds. The van der Waals surface area contributed by atoms with Crippen molar-refractivity contribution in [3.05, 3.63) is 206 Å². The molecule has 3 heterocycles. The number of benzene rings is 10. The highest BCUT2D eigenvalue weighted by Crippen LogP contribution is 2.46. The predicted octanol–water partition coefficient (Wildman–Crippen LogP) is 15.4. The van der Waals surface area contributed by atoms with Crippen LogP contribution in [0.4, 0.5) is 0 Å². The molecule has 3 aromatic heterocycles. The number of hydrogen-bond acceptors (Lipinski definition) is 6. The van der Waals surface area contributed by atoms with Gasteiger partial charge in [0.15, 0.2) is 23.1 Å². The minimum Gasteiger partial charge on any atom is -0.455 e. The van der Waals surface area contributed by atoms with Crippen molar-refractivity contribution in [3.63, 3.8) is 0 Å². The van der Waals surface area contributed by atoms with Gasteiger partial charge in [0.25, 0.3) is 0 Å². The first kappa shape index (κ1) is 36.0. The molecule has 0 unspecified atom stereocenters. The number of aromatic nitrogens is 4. The van der Waals surface area contributed by atoms with Crippen molar-refractivity contribution < 1.29 is 8.83 Å². The van der Waals surface area contributed by atoms with Gasteiger partial charge in [0, 0.05) is 38.4 Å². The minimum atomic E-state index is 0.570. The molecule has 0 fully saturated rings. The number of hydrogen-bond donors (Lipinski definition) is 0. The Labute approximate surface area is 366 Å². The highest BCUT2D eigenvalue weighted by molar-refractivity contribution is 6.21. The summed E-state index contributed by atoms with van der Waals surface area (Å²) in [6.07, 6.45) is 0. The van der Waals surface area contributed by atoms with Crippen molar-refractivity contribution in [2.45, 2.75) is 0 Å². The second-order valence-corrected chi connectivity index (χ2v) is 16.1. The average Bonchev–Trinajstić information content (AvgIpc) is 3.97. The fourth-order valence-corrected chi connectivity index (χ4v) is 9.35. The Morgan fingerprint density at radius 1 is 0.312 bits per heavy atom. The van der Waals surface area contributed by atoms with Crippen LogP contribution < -0.4 is 0 Å². The van der Waals surface area contributed by atoms with Gasteiger partial charge in [-0.25, -0.2) is 19.9 Å². The summed E-state index contributed by atoms with van der Waals surface area (Å²) in [7, 11) is 0. The number of rotatable bonds is 6. The van der Waals surface area contributed by atoms with Crippen LogP contribution in [0, 0.1) is 0 Å². The average molecular weight is 819 g/mol. The van der Waals surface area contributed by atoms with Gasteiger partial charge in [0.2, 0.25) is 5.89 Å². The van der Waals surface area contributed by atoms with Gasteiger partial charge in [-0.05, 0) is 61.8 Å². The molecule has 6 heteroatoms. The van der Waals surface area contributed by atoms with Crippen molar-refractivity contribution in [1.29, 1.82) is 0 Å². The number of furan rings is 1. The van der Waals surface area contributed by atoms with Gasteiger partial charge < -0.3 is 8.83 Å². The van der Waals surface area contributed by atoms with E-state index in [1.54, 1.807) is 0 Å². The van der Waals surface area contributed by atoms with Gasteiger partial charge in [0.1, 0.15) is 16.7 Å². The smallest absolute Gasteiger partial charge is 0.227 e. The van der Waals surface area contributed by atoms with E-state index in [4.69, 9.17) is 28.8 Å². The maximum Gasteiger partial charge on any atom is 0.227 e. The second-order valence-electron chi connectivity index (χ2n) is 16.1. The molecular weight excluding hydrogens is 785 g/mol. The third-order valence-electron chi connectivity index (χ3n) is 12.4. The number of para-hydroxylation sites is 1. The molecule has 6 nitrogen and oxygen atoms in total.